The van der Waals surface area contributed by atoms with Gasteiger partial charge in [-0.2, -0.15) is 0 Å². The number of rotatable bonds is 2. The van der Waals surface area contributed by atoms with Crippen LogP contribution in [-0.4, -0.2) is 9.38 Å². The molecule has 2 N–H and O–H groups in total. The SMILES string of the molecule is NCc1cn2c(-c3cccs3)csc2n1. The third-order valence-corrected chi connectivity index (χ3v) is 3.97. The van der Waals surface area contributed by atoms with Crippen LogP contribution in [0.5, 0.6) is 0 Å². The van der Waals surface area contributed by atoms with Crippen molar-refractivity contribution in [3.8, 4) is 10.6 Å². The lowest BCUT2D eigenvalue weighted by molar-refractivity contribution is 1.02. The highest BCUT2D eigenvalue weighted by atomic mass is 32.1. The number of nitrogens with two attached hydrogens (primary N) is 1. The molecular weight excluding hydrogens is 226 g/mol. The summed E-state index contributed by atoms with van der Waals surface area (Å²) in [7, 11) is 0. The highest BCUT2D eigenvalue weighted by Gasteiger charge is 2.09. The van der Waals surface area contributed by atoms with E-state index in [-0.39, 0.29) is 0 Å². The highest BCUT2D eigenvalue weighted by molar-refractivity contribution is 7.16. The van der Waals surface area contributed by atoms with Crippen molar-refractivity contribution in [2.45, 2.75) is 6.54 Å². The normalized spacial score (nSPS) is 11.3. The Labute approximate surface area is 94.8 Å². The molecule has 3 rings (SSSR count). The molecule has 0 fully saturated rings. The van der Waals surface area contributed by atoms with Crippen LogP contribution < -0.4 is 5.73 Å². The first kappa shape index (κ1) is 9.08. The Kier molecular flexibility index (Phi) is 2.09. The summed E-state index contributed by atoms with van der Waals surface area (Å²) >= 11 is 3.39. The number of thiophene rings is 1. The van der Waals surface area contributed by atoms with E-state index in [1.165, 1.54) is 10.6 Å². The van der Waals surface area contributed by atoms with E-state index in [4.69, 9.17) is 5.73 Å². The smallest absolute Gasteiger partial charge is 0.194 e. The van der Waals surface area contributed by atoms with Crippen LogP contribution in [0.25, 0.3) is 15.5 Å². The van der Waals surface area contributed by atoms with Gasteiger partial charge in [-0.25, -0.2) is 4.98 Å². The van der Waals surface area contributed by atoms with Gasteiger partial charge in [0.25, 0.3) is 0 Å². The monoisotopic (exact) mass is 235 g/mol. The van der Waals surface area contributed by atoms with Crippen LogP contribution in [0.4, 0.5) is 0 Å². The van der Waals surface area contributed by atoms with Crippen LogP contribution in [0.2, 0.25) is 0 Å². The maximum atomic E-state index is 5.57. The zero-order chi connectivity index (χ0) is 10.3. The van der Waals surface area contributed by atoms with Gasteiger partial charge in [0.15, 0.2) is 4.96 Å². The zero-order valence-electron chi connectivity index (χ0n) is 7.88. The molecule has 0 radical (unpaired) electrons. The van der Waals surface area contributed by atoms with E-state index in [0.717, 1.165) is 10.7 Å². The van der Waals surface area contributed by atoms with Crippen LogP contribution >= 0.6 is 22.7 Å². The van der Waals surface area contributed by atoms with E-state index < -0.39 is 0 Å². The highest BCUT2D eigenvalue weighted by Crippen LogP contribution is 2.29. The zero-order valence-corrected chi connectivity index (χ0v) is 9.52. The molecule has 0 saturated carbocycles. The molecular formula is C10H9N3S2. The van der Waals surface area contributed by atoms with Crippen molar-refractivity contribution >= 4 is 27.6 Å². The molecule has 0 bridgehead atoms. The summed E-state index contributed by atoms with van der Waals surface area (Å²) in [6.45, 7) is 0.498. The second kappa shape index (κ2) is 3.44. The first-order chi connectivity index (χ1) is 7.38. The van der Waals surface area contributed by atoms with Crippen molar-refractivity contribution in [3.63, 3.8) is 0 Å². The number of hydrogen-bond donors (Lipinski definition) is 1. The summed E-state index contributed by atoms with van der Waals surface area (Å²) in [5.41, 5.74) is 7.72. The van der Waals surface area contributed by atoms with Crippen molar-refractivity contribution < 1.29 is 0 Å². The fourth-order valence-corrected chi connectivity index (χ4v) is 3.24. The minimum atomic E-state index is 0.498. The molecule has 0 amide bonds. The Hall–Kier alpha value is -1.17. The summed E-state index contributed by atoms with van der Waals surface area (Å²) in [6.07, 6.45) is 2.01. The van der Waals surface area contributed by atoms with Crippen LogP contribution in [0, 0.1) is 0 Å². The number of nitrogens with zero attached hydrogens (tertiary/aromatic N) is 2. The molecule has 0 atom stereocenters. The Morgan fingerprint density at radius 1 is 1.40 bits per heavy atom. The van der Waals surface area contributed by atoms with E-state index >= 15 is 0 Å². The molecule has 15 heavy (non-hydrogen) atoms. The van der Waals surface area contributed by atoms with Gasteiger partial charge in [0, 0.05) is 18.1 Å². The predicted molar refractivity (Wildman–Crippen MR) is 64.3 cm³/mol. The van der Waals surface area contributed by atoms with Crippen LogP contribution in [0.1, 0.15) is 5.69 Å². The molecule has 0 aromatic carbocycles. The minimum Gasteiger partial charge on any atom is -0.325 e. The summed E-state index contributed by atoms with van der Waals surface area (Å²) < 4.78 is 2.11. The van der Waals surface area contributed by atoms with Crippen molar-refractivity contribution in [1.82, 2.24) is 9.38 Å². The van der Waals surface area contributed by atoms with Crippen molar-refractivity contribution in [2.75, 3.05) is 0 Å². The second-order valence-electron chi connectivity index (χ2n) is 3.19. The van der Waals surface area contributed by atoms with Gasteiger partial charge in [0.05, 0.1) is 16.3 Å². The topological polar surface area (TPSA) is 43.3 Å². The third kappa shape index (κ3) is 1.40. The molecule has 0 aliphatic rings. The molecule has 0 aliphatic heterocycles. The Morgan fingerprint density at radius 3 is 3.07 bits per heavy atom. The number of imidazole rings is 1. The quantitative estimate of drug-likeness (QED) is 0.742. The van der Waals surface area contributed by atoms with Crippen LogP contribution in [0.3, 0.4) is 0 Å². The maximum Gasteiger partial charge on any atom is 0.194 e. The van der Waals surface area contributed by atoms with Gasteiger partial charge in [-0.3, -0.25) is 4.40 Å². The van der Waals surface area contributed by atoms with E-state index in [1.54, 1.807) is 22.7 Å². The lowest BCUT2D eigenvalue weighted by Gasteiger charge is -1.93. The Morgan fingerprint density at radius 2 is 2.33 bits per heavy atom. The Bertz CT molecular complexity index is 577. The molecule has 0 unspecified atom stereocenters. The number of aromatic nitrogens is 2. The number of fused-ring (bicyclic) bond motifs is 1. The molecule has 0 aliphatic carbocycles. The largest absolute Gasteiger partial charge is 0.325 e. The van der Waals surface area contributed by atoms with Crippen LogP contribution in [0.15, 0.2) is 29.1 Å². The van der Waals surface area contributed by atoms with Crippen molar-refractivity contribution in [1.29, 1.82) is 0 Å². The van der Waals surface area contributed by atoms with Gasteiger partial charge < -0.3 is 5.73 Å². The predicted octanol–water partition coefficient (Wildman–Crippen LogP) is 2.58. The number of thiazole rings is 1. The lowest BCUT2D eigenvalue weighted by Crippen LogP contribution is -1.95. The van der Waals surface area contributed by atoms with Crippen molar-refractivity contribution in [3.05, 3.63) is 34.8 Å². The summed E-state index contributed by atoms with van der Waals surface area (Å²) in [5.74, 6) is 0. The lowest BCUT2D eigenvalue weighted by atomic mass is 10.4. The van der Waals surface area contributed by atoms with Gasteiger partial charge in [-0.15, -0.1) is 22.7 Å². The molecule has 3 aromatic rings. The molecule has 3 nitrogen and oxygen atoms in total. The maximum absolute atomic E-state index is 5.57. The molecule has 3 heterocycles. The van der Waals surface area contributed by atoms with Gasteiger partial charge in [0.1, 0.15) is 0 Å². The number of hydrogen-bond acceptors (Lipinski definition) is 4. The van der Waals surface area contributed by atoms with Gasteiger partial charge in [-0.1, -0.05) is 6.07 Å². The van der Waals surface area contributed by atoms with E-state index in [0.29, 0.717) is 6.54 Å². The first-order valence-electron chi connectivity index (χ1n) is 4.58. The van der Waals surface area contributed by atoms with Crippen molar-refractivity contribution in [2.24, 2.45) is 5.73 Å². The van der Waals surface area contributed by atoms with Gasteiger partial charge >= 0.3 is 0 Å². The summed E-state index contributed by atoms with van der Waals surface area (Å²) in [5, 5.41) is 4.22. The summed E-state index contributed by atoms with van der Waals surface area (Å²) in [4.78, 5) is 6.70. The molecule has 76 valence electrons. The van der Waals surface area contributed by atoms with Crippen LogP contribution in [-0.2, 0) is 6.54 Å². The Balaban J connectivity index is 2.23. The van der Waals surface area contributed by atoms with Gasteiger partial charge in [0.2, 0.25) is 0 Å². The molecule has 0 spiro atoms. The third-order valence-electron chi connectivity index (χ3n) is 2.24. The second-order valence-corrected chi connectivity index (χ2v) is 4.97. The average Bonchev–Trinajstić information content (AvgIpc) is 2.92. The first-order valence-corrected chi connectivity index (χ1v) is 6.34. The van der Waals surface area contributed by atoms with E-state index in [9.17, 15) is 0 Å². The summed E-state index contributed by atoms with van der Waals surface area (Å²) in [6, 6.07) is 4.18. The standard InChI is InChI=1S/C10H9N3S2/c11-4-7-5-13-8(6-15-10(13)12-7)9-2-1-3-14-9/h1-3,5-6H,4,11H2. The minimum absolute atomic E-state index is 0.498. The fraction of sp³-hybridized carbons (Fsp3) is 0.100. The van der Waals surface area contributed by atoms with E-state index in [2.05, 4.69) is 32.3 Å². The average molecular weight is 235 g/mol. The van der Waals surface area contributed by atoms with Gasteiger partial charge in [-0.05, 0) is 11.4 Å². The molecule has 3 aromatic heterocycles. The van der Waals surface area contributed by atoms with E-state index in [1.807, 2.05) is 6.20 Å². The molecule has 5 heteroatoms. The molecule has 0 saturated heterocycles. The fourth-order valence-electron chi connectivity index (χ4n) is 1.53.